The first kappa shape index (κ1) is 23.8. The van der Waals surface area contributed by atoms with Crippen molar-refractivity contribution in [2.24, 2.45) is 11.3 Å². The van der Waals surface area contributed by atoms with Gasteiger partial charge in [-0.15, -0.1) is 0 Å². The van der Waals surface area contributed by atoms with Crippen LogP contribution < -0.4 is 10.2 Å². The molecule has 0 saturated heterocycles. The van der Waals surface area contributed by atoms with Crippen molar-refractivity contribution < 1.29 is 9.59 Å². The third-order valence-electron chi connectivity index (χ3n) is 5.84. The van der Waals surface area contributed by atoms with E-state index in [-0.39, 0.29) is 29.2 Å². The molecule has 0 aliphatic heterocycles. The maximum absolute atomic E-state index is 13.3. The summed E-state index contributed by atoms with van der Waals surface area (Å²) in [7, 11) is 4.01. The average molecular weight is 436 g/mol. The van der Waals surface area contributed by atoms with Gasteiger partial charge in [0.1, 0.15) is 0 Å². The Morgan fingerprint density at radius 3 is 2.28 bits per heavy atom. The lowest BCUT2D eigenvalue weighted by molar-refractivity contribution is -0.135. The van der Waals surface area contributed by atoms with E-state index in [0.29, 0.717) is 13.0 Å². The lowest BCUT2D eigenvalue weighted by Gasteiger charge is -2.32. The SMILES string of the molecule is CC(c1ccccc1)N(Cc1cc(NC(=O)CC(C)(C)C)ccc1N(C)C)C(=O)C1CC1. The standard InChI is InChI=1S/C27H37N3O2/c1-19(20-10-8-7-9-11-20)30(26(32)21-12-13-21)18-22-16-23(14-15-24(22)29(5)6)28-25(31)17-27(2,3)4/h7-11,14-16,19,21H,12-13,17-18H2,1-6H3,(H,28,31). The Balaban J connectivity index is 1.89. The van der Waals surface area contributed by atoms with Gasteiger partial charge in [0.05, 0.1) is 6.04 Å². The molecule has 5 heteroatoms. The Hall–Kier alpha value is -2.82. The van der Waals surface area contributed by atoms with Crippen LogP contribution in [0.4, 0.5) is 11.4 Å². The zero-order valence-corrected chi connectivity index (χ0v) is 20.3. The minimum Gasteiger partial charge on any atom is -0.377 e. The molecule has 1 fully saturated rings. The van der Waals surface area contributed by atoms with Crippen LogP contribution in [0.5, 0.6) is 0 Å². The Labute approximate surface area is 192 Å². The third kappa shape index (κ3) is 6.35. The highest BCUT2D eigenvalue weighted by Gasteiger charge is 2.36. The van der Waals surface area contributed by atoms with Crippen LogP contribution in [0.3, 0.4) is 0 Å². The van der Waals surface area contributed by atoms with Gasteiger partial charge in [0.15, 0.2) is 0 Å². The predicted octanol–water partition coefficient (Wildman–Crippen LogP) is 5.63. The first-order valence-corrected chi connectivity index (χ1v) is 11.5. The number of hydrogen-bond acceptors (Lipinski definition) is 3. The van der Waals surface area contributed by atoms with E-state index in [1.54, 1.807) is 0 Å². The van der Waals surface area contributed by atoms with Gasteiger partial charge in [-0.2, -0.15) is 0 Å². The number of nitrogens with one attached hydrogen (secondary N) is 1. The molecule has 32 heavy (non-hydrogen) atoms. The van der Waals surface area contributed by atoms with Crippen LogP contribution in [0.1, 0.15) is 64.1 Å². The quantitative estimate of drug-likeness (QED) is 0.585. The summed E-state index contributed by atoms with van der Waals surface area (Å²) in [5, 5.41) is 3.04. The van der Waals surface area contributed by atoms with E-state index in [1.165, 1.54) is 0 Å². The summed E-state index contributed by atoms with van der Waals surface area (Å²) in [4.78, 5) is 29.8. The minimum atomic E-state index is -0.0743. The molecule has 1 aliphatic carbocycles. The first-order chi connectivity index (χ1) is 15.0. The Bertz CT molecular complexity index is 943. The van der Waals surface area contributed by atoms with Crippen LogP contribution in [0.15, 0.2) is 48.5 Å². The van der Waals surface area contributed by atoms with Gasteiger partial charge in [-0.05, 0) is 54.5 Å². The monoisotopic (exact) mass is 435 g/mol. The lowest BCUT2D eigenvalue weighted by Crippen LogP contribution is -2.34. The van der Waals surface area contributed by atoms with E-state index in [1.807, 2.05) is 55.4 Å². The van der Waals surface area contributed by atoms with E-state index in [0.717, 1.165) is 35.3 Å². The van der Waals surface area contributed by atoms with Gasteiger partial charge in [0.25, 0.3) is 0 Å². The van der Waals surface area contributed by atoms with Gasteiger partial charge in [-0.3, -0.25) is 9.59 Å². The van der Waals surface area contributed by atoms with Crippen LogP contribution in [-0.2, 0) is 16.1 Å². The van der Waals surface area contributed by atoms with Crippen molar-refractivity contribution in [3.8, 4) is 0 Å². The summed E-state index contributed by atoms with van der Waals surface area (Å²) in [6, 6.07) is 16.1. The van der Waals surface area contributed by atoms with Crippen molar-refractivity contribution in [1.82, 2.24) is 4.90 Å². The van der Waals surface area contributed by atoms with E-state index < -0.39 is 0 Å². The molecule has 3 rings (SSSR count). The fourth-order valence-electron chi connectivity index (χ4n) is 3.98. The second-order valence-electron chi connectivity index (χ2n) is 10.4. The zero-order chi connectivity index (χ0) is 23.5. The molecule has 5 nitrogen and oxygen atoms in total. The molecular formula is C27H37N3O2. The van der Waals surface area contributed by atoms with Crippen molar-refractivity contribution in [2.75, 3.05) is 24.3 Å². The summed E-state index contributed by atoms with van der Waals surface area (Å²) in [6.45, 7) is 8.76. The fraction of sp³-hybridized carbons (Fsp3) is 0.481. The molecule has 1 atom stereocenters. The highest BCUT2D eigenvalue weighted by molar-refractivity contribution is 5.91. The lowest BCUT2D eigenvalue weighted by atomic mass is 9.92. The molecule has 0 bridgehead atoms. The molecule has 2 aromatic rings. The molecule has 1 unspecified atom stereocenters. The smallest absolute Gasteiger partial charge is 0.226 e. The van der Waals surface area contributed by atoms with Gasteiger partial charge >= 0.3 is 0 Å². The minimum absolute atomic E-state index is 0.00428. The van der Waals surface area contributed by atoms with Gasteiger partial charge in [-0.25, -0.2) is 0 Å². The summed E-state index contributed by atoms with van der Waals surface area (Å²) in [5.74, 6) is 0.358. The topological polar surface area (TPSA) is 52.7 Å². The van der Waals surface area contributed by atoms with Crippen molar-refractivity contribution in [3.05, 3.63) is 59.7 Å². The van der Waals surface area contributed by atoms with Crippen LogP contribution in [0.25, 0.3) is 0 Å². The maximum atomic E-state index is 13.3. The van der Waals surface area contributed by atoms with Gasteiger partial charge in [-0.1, -0.05) is 51.1 Å². The van der Waals surface area contributed by atoms with Crippen molar-refractivity contribution in [3.63, 3.8) is 0 Å². The van der Waals surface area contributed by atoms with Gasteiger partial charge < -0.3 is 15.1 Å². The van der Waals surface area contributed by atoms with Crippen molar-refractivity contribution in [1.29, 1.82) is 0 Å². The fourth-order valence-corrected chi connectivity index (χ4v) is 3.98. The summed E-state index contributed by atoms with van der Waals surface area (Å²) < 4.78 is 0. The molecule has 2 aromatic carbocycles. The van der Waals surface area contributed by atoms with Crippen LogP contribution in [0.2, 0.25) is 0 Å². The number of rotatable bonds is 8. The van der Waals surface area contributed by atoms with Gasteiger partial charge in [0, 0.05) is 44.4 Å². The molecular weight excluding hydrogens is 398 g/mol. The highest BCUT2D eigenvalue weighted by Crippen LogP contribution is 2.36. The molecule has 0 aromatic heterocycles. The van der Waals surface area contributed by atoms with Crippen molar-refractivity contribution in [2.45, 2.75) is 59.5 Å². The van der Waals surface area contributed by atoms with Crippen molar-refractivity contribution >= 4 is 23.2 Å². The van der Waals surface area contributed by atoms with Crippen LogP contribution in [-0.4, -0.2) is 30.8 Å². The van der Waals surface area contributed by atoms with E-state index in [2.05, 4.69) is 50.0 Å². The number of amides is 2. The maximum Gasteiger partial charge on any atom is 0.226 e. The summed E-state index contributed by atoms with van der Waals surface area (Å²) in [5.41, 5.74) is 3.90. The number of carbonyl (C=O) groups is 2. The second-order valence-corrected chi connectivity index (χ2v) is 10.4. The average Bonchev–Trinajstić information content (AvgIpc) is 3.55. The molecule has 1 saturated carbocycles. The van der Waals surface area contributed by atoms with E-state index in [4.69, 9.17) is 0 Å². The molecule has 0 heterocycles. The Morgan fingerprint density at radius 2 is 1.72 bits per heavy atom. The second kappa shape index (κ2) is 9.76. The number of hydrogen-bond donors (Lipinski definition) is 1. The summed E-state index contributed by atoms with van der Waals surface area (Å²) >= 11 is 0. The normalized spacial score (nSPS) is 14.6. The molecule has 1 N–H and O–H groups in total. The third-order valence-corrected chi connectivity index (χ3v) is 5.84. The largest absolute Gasteiger partial charge is 0.377 e. The Kier molecular flexibility index (Phi) is 7.27. The number of anilines is 2. The molecule has 2 amide bonds. The Morgan fingerprint density at radius 1 is 1.06 bits per heavy atom. The van der Waals surface area contributed by atoms with E-state index in [9.17, 15) is 9.59 Å². The van der Waals surface area contributed by atoms with Crippen LogP contribution >= 0.6 is 0 Å². The highest BCUT2D eigenvalue weighted by atomic mass is 16.2. The molecule has 0 radical (unpaired) electrons. The predicted molar refractivity (Wildman–Crippen MR) is 132 cm³/mol. The summed E-state index contributed by atoms with van der Waals surface area (Å²) in [6.07, 6.45) is 2.40. The van der Waals surface area contributed by atoms with Gasteiger partial charge in [0.2, 0.25) is 11.8 Å². The molecule has 1 aliphatic rings. The number of nitrogens with zero attached hydrogens (tertiary/aromatic N) is 2. The molecule has 172 valence electrons. The zero-order valence-electron chi connectivity index (χ0n) is 20.3. The molecule has 0 spiro atoms. The number of carbonyl (C=O) groups excluding carboxylic acids is 2. The number of benzene rings is 2. The first-order valence-electron chi connectivity index (χ1n) is 11.5. The van der Waals surface area contributed by atoms with E-state index >= 15 is 0 Å². The van der Waals surface area contributed by atoms with Crippen LogP contribution in [0, 0.1) is 11.3 Å².